The summed E-state index contributed by atoms with van der Waals surface area (Å²) < 4.78 is 4.65. The number of esters is 1. The van der Waals surface area contributed by atoms with Crippen LogP contribution >= 0.6 is 0 Å². The van der Waals surface area contributed by atoms with E-state index in [9.17, 15) is 9.59 Å². The van der Waals surface area contributed by atoms with Crippen LogP contribution in [0.25, 0.3) is 6.08 Å². The molecule has 0 aliphatic heterocycles. The number of ether oxygens (including phenoxy) is 1. The second kappa shape index (κ2) is 5.75. The number of carbonyl (C=O) groups is 2. The number of ketones is 1. The lowest BCUT2D eigenvalue weighted by atomic mass is 10.2. The van der Waals surface area contributed by atoms with Crippen LogP contribution < -0.4 is 0 Å². The molecule has 0 aromatic heterocycles. The average molecular weight is 204 g/mol. The van der Waals surface area contributed by atoms with E-state index in [1.807, 2.05) is 30.3 Å². The molecule has 3 heteroatoms. The van der Waals surface area contributed by atoms with Gasteiger partial charge < -0.3 is 4.74 Å². The second-order valence-corrected chi connectivity index (χ2v) is 3.05. The lowest BCUT2D eigenvalue weighted by Gasteiger charge is -1.96. The zero-order chi connectivity index (χ0) is 11.1. The van der Waals surface area contributed by atoms with Crippen LogP contribution in [0, 0.1) is 0 Å². The third-order valence-electron chi connectivity index (χ3n) is 1.63. The summed E-state index contributed by atoms with van der Waals surface area (Å²) in [6.07, 6.45) is 2.95. The van der Waals surface area contributed by atoms with E-state index in [4.69, 9.17) is 0 Å². The van der Waals surface area contributed by atoms with E-state index in [-0.39, 0.29) is 12.4 Å². The Morgan fingerprint density at radius 2 is 1.93 bits per heavy atom. The highest BCUT2D eigenvalue weighted by Gasteiger charge is 1.98. The van der Waals surface area contributed by atoms with Crippen LogP contribution in [0.3, 0.4) is 0 Å². The van der Waals surface area contributed by atoms with Gasteiger partial charge in [-0.3, -0.25) is 4.79 Å². The molecule has 1 aromatic carbocycles. The topological polar surface area (TPSA) is 43.4 Å². The van der Waals surface area contributed by atoms with Gasteiger partial charge in [-0.05, 0) is 18.6 Å². The minimum Gasteiger partial charge on any atom is -0.455 e. The molecule has 0 radical (unpaired) electrons. The van der Waals surface area contributed by atoms with Crippen molar-refractivity contribution in [2.45, 2.75) is 6.92 Å². The molecule has 0 atom stereocenters. The molecule has 3 nitrogen and oxygen atoms in total. The molecule has 1 rings (SSSR count). The lowest BCUT2D eigenvalue weighted by Crippen LogP contribution is -2.08. The van der Waals surface area contributed by atoms with E-state index in [1.165, 1.54) is 13.0 Å². The fourth-order valence-corrected chi connectivity index (χ4v) is 0.949. The quantitative estimate of drug-likeness (QED) is 0.555. The Bertz CT molecular complexity index is 366. The Balaban J connectivity index is 2.44. The average Bonchev–Trinajstić information content (AvgIpc) is 2.25. The first-order valence-corrected chi connectivity index (χ1v) is 4.58. The van der Waals surface area contributed by atoms with E-state index in [2.05, 4.69) is 4.74 Å². The second-order valence-electron chi connectivity index (χ2n) is 3.05. The van der Waals surface area contributed by atoms with Crippen LogP contribution in [0.2, 0.25) is 0 Å². The maximum absolute atomic E-state index is 11.1. The monoisotopic (exact) mass is 204 g/mol. The zero-order valence-electron chi connectivity index (χ0n) is 8.47. The molecule has 0 amide bonds. The Morgan fingerprint density at radius 1 is 1.27 bits per heavy atom. The van der Waals surface area contributed by atoms with Crippen LogP contribution in [0.5, 0.6) is 0 Å². The Morgan fingerprint density at radius 3 is 2.53 bits per heavy atom. The molecule has 0 saturated carbocycles. The Labute approximate surface area is 88.4 Å². The number of Topliss-reactive ketones (excluding diaryl/α,β-unsaturated/α-hetero) is 1. The van der Waals surface area contributed by atoms with Crippen molar-refractivity contribution in [3.8, 4) is 0 Å². The molecule has 0 aliphatic rings. The van der Waals surface area contributed by atoms with Gasteiger partial charge in [0.2, 0.25) is 0 Å². The molecule has 1 aromatic rings. The number of rotatable bonds is 4. The maximum Gasteiger partial charge on any atom is 0.331 e. The first-order chi connectivity index (χ1) is 7.18. The van der Waals surface area contributed by atoms with Crippen molar-refractivity contribution in [3.63, 3.8) is 0 Å². The third-order valence-corrected chi connectivity index (χ3v) is 1.63. The largest absolute Gasteiger partial charge is 0.455 e. The van der Waals surface area contributed by atoms with E-state index in [0.717, 1.165) is 5.56 Å². The van der Waals surface area contributed by atoms with Crippen LogP contribution in [0.4, 0.5) is 0 Å². The smallest absolute Gasteiger partial charge is 0.331 e. The summed E-state index contributed by atoms with van der Waals surface area (Å²) >= 11 is 0. The van der Waals surface area contributed by atoms with Crippen molar-refractivity contribution in [1.82, 2.24) is 0 Å². The Kier molecular flexibility index (Phi) is 4.29. The molecule has 15 heavy (non-hydrogen) atoms. The highest BCUT2D eigenvalue weighted by Crippen LogP contribution is 2.00. The third kappa shape index (κ3) is 4.76. The number of benzene rings is 1. The van der Waals surface area contributed by atoms with Gasteiger partial charge in [0.05, 0.1) is 0 Å². The van der Waals surface area contributed by atoms with E-state index in [0.29, 0.717) is 0 Å². The van der Waals surface area contributed by atoms with E-state index in [1.54, 1.807) is 6.08 Å². The SMILES string of the molecule is CC(=O)COC(=O)C=Cc1ccccc1. The summed E-state index contributed by atoms with van der Waals surface area (Å²) in [6.45, 7) is 1.20. The van der Waals surface area contributed by atoms with Gasteiger partial charge in [-0.1, -0.05) is 30.3 Å². The van der Waals surface area contributed by atoms with Crippen molar-refractivity contribution in [2.75, 3.05) is 6.61 Å². The highest BCUT2D eigenvalue weighted by atomic mass is 16.5. The summed E-state index contributed by atoms with van der Waals surface area (Å²) in [6, 6.07) is 9.38. The Hall–Kier alpha value is -1.90. The van der Waals surface area contributed by atoms with Crippen molar-refractivity contribution in [3.05, 3.63) is 42.0 Å². The van der Waals surface area contributed by atoms with E-state index < -0.39 is 5.97 Å². The van der Waals surface area contributed by atoms with Crippen LogP contribution in [-0.2, 0) is 14.3 Å². The van der Waals surface area contributed by atoms with Gasteiger partial charge in [0, 0.05) is 6.08 Å². The predicted molar refractivity (Wildman–Crippen MR) is 57.1 cm³/mol. The van der Waals surface area contributed by atoms with Crippen LogP contribution in [0.15, 0.2) is 36.4 Å². The van der Waals surface area contributed by atoms with Gasteiger partial charge >= 0.3 is 5.97 Å². The number of hydrogen-bond donors (Lipinski definition) is 0. The fourth-order valence-electron chi connectivity index (χ4n) is 0.949. The molecule has 0 heterocycles. The summed E-state index contributed by atoms with van der Waals surface area (Å²) in [5.74, 6) is -0.675. The van der Waals surface area contributed by atoms with Gasteiger partial charge in [-0.25, -0.2) is 4.79 Å². The van der Waals surface area contributed by atoms with E-state index >= 15 is 0 Å². The van der Waals surface area contributed by atoms with Gasteiger partial charge in [-0.15, -0.1) is 0 Å². The molecule has 0 aliphatic carbocycles. The van der Waals surface area contributed by atoms with Crippen molar-refractivity contribution in [1.29, 1.82) is 0 Å². The first kappa shape index (κ1) is 11.2. The molecule has 0 fully saturated rings. The van der Waals surface area contributed by atoms with Gasteiger partial charge in [0.25, 0.3) is 0 Å². The summed E-state index contributed by atoms with van der Waals surface area (Å²) in [5, 5.41) is 0. The predicted octanol–water partition coefficient (Wildman–Crippen LogP) is 1.83. The van der Waals surface area contributed by atoms with Gasteiger partial charge in [0.15, 0.2) is 5.78 Å². The maximum atomic E-state index is 11.1. The lowest BCUT2D eigenvalue weighted by molar-refractivity contribution is -0.142. The van der Waals surface area contributed by atoms with Crippen molar-refractivity contribution in [2.24, 2.45) is 0 Å². The van der Waals surface area contributed by atoms with Crippen LogP contribution in [0.1, 0.15) is 12.5 Å². The highest BCUT2D eigenvalue weighted by molar-refractivity contribution is 5.89. The normalized spacial score (nSPS) is 10.2. The first-order valence-electron chi connectivity index (χ1n) is 4.58. The molecule has 78 valence electrons. The van der Waals surface area contributed by atoms with Crippen molar-refractivity contribution < 1.29 is 14.3 Å². The summed E-state index contributed by atoms with van der Waals surface area (Å²) in [4.78, 5) is 21.6. The fraction of sp³-hybridized carbons (Fsp3) is 0.167. The molecular weight excluding hydrogens is 192 g/mol. The molecule has 0 N–H and O–H groups in total. The summed E-state index contributed by atoms with van der Waals surface area (Å²) in [7, 11) is 0. The minimum absolute atomic E-state index is 0.169. The molecule has 0 unspecified atom stereocenters. The minimum atomic E-state index is -0.506. The van der Waals surface area contributed by atoms with Crippen molar-refractivity contribution >= 4 is 17.8 Å². The van der Waals surface area contributed by atoms with Gasteiger partial charge in [0.1, 0.15) is 6.61 Å². The number of carbonyl (C=O) groups excluding carboxylic acids is 2. The molecule has 0 spiro atoms. The molecular formula is C12H12O3. The molecule has 0 bridgehead atoms. The van der Waals surface area contributed by atoms with Gasteiger partial charge in [-0.2, -0.15) is 0 Å². The molecule has 0 saturated heterocycles. The standard InChI is InChI=1S/C12H12O3/c1-10(13)9-15-12(14)8-7-11-5-3-2-4-6-11/h2-8H,9H2,1H3. The zero-order valence-corrected chi connectivity index (χ0v) is 8.47. The summed E-state index contributed by atoms with van der Waals surface area (Å²) in [5.41, 5.74) is 0.914. The van der Waals surface area contributed by atoms with Crippen LogP contribution in [-0.4, -0.2) is 18.4 Å². The number of hydrogen-bond acceptors (Lipinski definition) is 3.